The van der Waals surface area contributed by atoms with Gasteiger partial charge in [0.2, 0.25) is 23.0 Å². The normalized spacial score (nSPS) is 14.3. The number of amides is 1. The van der Waals surface area contributed by atoms with E-state index >= 15 is 0 Å². The highest BCUT2D eigenvalue weighted by molar-refractivity contribution is 5.78. The number of hydrogen-bond acceptors (Lipinski definition) is 8. The topological polar surface area (TPSA) is 98.2 Å². The molecule has 0 saturated carbocycles. The predicted molar refractivity (Wildman–Crippen MR) is 154 cm³/mol. The van der Waals surface area contributed by atoms with E-state index in [0.717, 1.165) is 24.1 Å². The molecule has 1 saturated heterocycles. The first-order valence-electron chi connectivity index (χ1n) is 14.1. The largest absolute Gasteiger partial charge is 0.497 e. The summed E-state index contributed by atoms with van der Waals surface area (Å²) in [5, 5.41) is 0. The first-order chi connectivity index (χ1) is 21.1. The molecule has 0 unspecified atom stereocenters. The first-order valence-corrected chi connectivity index (χ1v) is 14.1. The number of nitrogens with zero attached hydrogens (tertiary/aromatic N) is 3. The third kappa shape index (κ3) is 7.67. The zero-order chi connectivity index (χ0) is 31.3. The van der Waals surface area contributed by atoms with Gasteiger partial charge in [-0.25, -0.2) is 4.98 Å². The molecule has 0 atom stereocenters. The van der Waals surface area contributed by atoms with Gasteiger partial charge >= 0.3 is 6.18 Å². The number of rotatable bonds is 9. The Morgan fingerprint density at radius 2 is 1.84 bits per heavy atom. The highest BCUT2D eigenvalue weighted by Crippen LogP contribution is 2.31. The van der Waals surface area contributed by atoms with Crippen molar-refractivity contribution >= 4 is 5.91 Å². The van der Waals surface area contributed by atoms with E-state index in [9.17, 15) is 22.8 Å². The van der Waals surface area contributed by atoms with Gasteiger partial charge in [0.05, 0.1) is 31.3 Å². The Morgan fingerprint density at radius 1 is 1.05 bits per heavy atom. The summed E-state index contributed by atoms with van der Waals surface area (Å²) >= 11 is 0. The van der Waals surface area contributed by atoms with Gasteiger partial charge in [-0.15, -0.1) is 0 Å². The van der Waals surface area contributed by atoms with Crippen LogP contribution in [0.2, 0.25) is 0 Å². The lowest BCUT2D eigenvalue weighted by Crippen LogP contribution is -2.36. The van der Waals surface area contributed by atoms with Crippen LogP contribution in [0.15, 0.2) is 74.5 Å². The van der Waals surface area contributed by atoms with Crippen molar-refractivity contribution in [1.29, 1.82) is 0 Å². The number of oxazole rings is 1. The summed E-state index contributed by atoms with van der Waals surface area (Å²) in [4.78, 5) is 34.1. The number of carbonyl (C=O) groups is 1. The fraction of sp³-hybridized carbons (Fsp3) is 0.344. The number of ether oxygens (including phenoxy) is 2. The zero-order valence-corrected chi connectivity index (χ0v) is 24.4. The minimum absolute atomic E-state index is 0.0159. The van der Waals surface area contributed by atoms with Gasteiger partial charge in [-0.05, 0) is 55.3 Å². The molecule has 5 rings (SSSR count). The molecule has 44 heavy (non-hydrogen) atoms. The van der Waals surface area contributed by atoms with Crippen LogP contribution < -0.4 is 14.9 Å². The summed E-state index contributed by atoms with van der Waals surface area (Å²) in [6.45, 7) is 4.61. The fourth-order valence-electron chi connectivity index (χ4n) is 4.92. The Bertz CT molecular complexity index is 1650. The molecule has 0 N–H and O–H groups in total. The summed E-state index contributed by atoms with van der Waals surface area (Å²) in [5.74, 6) is 1.80. The van der Waals surface area contributed by atoms with Crippen LogP contribution in [-0.4, -0.2) is 54.0 Å². The van der Waals surface area contributed by atoms with Crippen LogP contribution in [0.5, 0.6) is 11.5 Å². The van der Waals surface area contributed by atoms with E-state index in [4.69, 9.17) is 18.3 Å². The fourth-order valence-corrected chi connectivity index (χ4v) is 4.92. The standard InChI is InChI=1S/C32H32F3N3O6/c1-21-27(36-31(44-21)23-7-9-24(10-8-23)32(33,34)35)17-30(40)38-12-4-11-37(13-14-38)18-26-16-28(39)29(20-42-26)43-19-22-5-3-6-25(15-22)41-2/h3,5-10,15-16,20H,4,11-14,17-19H2,1-2H3. The molecule has 1 amide bonds. The maximum absolute atomic E-state index is 13.1. The molecule has 4 aromatic rings. The zero-order valence-electron chi connectivity index (χ0n) is 24.4. The second-order valence-electron chi connectivity index (χ2n) is 10.5. The monoisotopic (exact) mass is 611 g/mol. The van der Waals surface area contributed by atoms with Crippen LogP contribution in [0.1, 0.15) is 34.8 Å². The molecule has 9 nitrogen and oxygen atoms in total. The van der Waals surface area contributed by atoms with Crippen molar-refractivity contribution < 1.29 is 36.3 Å². The van der Waals surface area contributed by atoms with Gasteiger partial charge in [0.1, 0.15) is 30.1 Å². The van der Waals surface area contributed by atoms with E-state index in [1.165, 1.54) is 24.5 Å². The molecule has 232 valence electrons. The summed E-state index contributed by atoms with van der Waals surface area (Å²) in [6, 6.07) is 13.3. The third-order valence-corrected chi connectivity index (χ3v) is 7.37. The van der Waals surface area contributed by atoms with E-state index in [2.05, 4.69) is 9.88 Å². The van der Waals surface area contributed by atoms with Crippen molar-refractivity contribution in [3.05, 3.63) is 99.4 Å². The minimum Gasteiger partial charge on any atom is -0.497 e. The van der Waals surface area contributed by atoms with Gasteiger partial charge in [0.25, 0.3) is 0 Å². The second-order valence-corrected chi connectivity index (χ2v) is 10.5. The number of alkyl halides is 3. The number of halogens is 3. The maximum Gasteiger partial charge on any atom is 0.416 e. The van der Waals surface area contributed by atoms with E-state index in [-0.39, 0.29) is 36.0 Å². The van der Waals surface area contributed by atoms with E-state index < -0.39 is 11.7 Å². The van der Waals surface area contributed by atoms with Crippen LogP contribution in [-0.2, 0) is 30.5 Å². The molecular formula is C32H32F3N3O6. The van der Waals surface area contributed by atoms with Gasteiger partial charge in [-0.1, -0.05) is 12.1 Å². The Labute approximate surface area is 251 Å². The summed E-state index contributed by atoms with van der Waals surface area (Å²) < 4.78 is 60.9. The van der Waals surface area contributed by atoms with Crippen molar-refractivity contribution in [2.75, 3.05) is 33.3 Å². The first kappa shape index (κ1) is 30.9. The molecule has 0 aliphatic carbocycles. The lowest BCUT2D eigenvalue weighted by molar-refractivity contribution is -0.137. The molecule has 1 aliphatic rings. The van der Waals surface area contributed by atoms with Gasteiger partial charge in [-0.2, -0.15) is 13.2 Å². The Morgan fingerprint density at radius 3 is 2.57 bits per heavy atom. The van der Waals surface area contributed by atoms with Crippen LogP contribution in [0.25, 0.3) is 11.5 Å². The van der Waals surface area contributed by atoms with E-state index in [1.54, 1.807) is 18.9 Å². The lowest BCUT2D eigenvalue weighted by atomic mass is 10.1. The third-order valence-electron chi connectivity index (χ3n) is 7.37. The summed E-state index contributed by atoms with van der Waals surface area (Å²) in [6.07, 6.45) is -2.36. The van der Waals surface area contributed by atoms with Crippen molar-refractivity contribution in [3.8, 4) is 23.0 Å². The molecule has 12 heteroatoms. The van der Waals surface area contributed by atoms with E-state index in [0.29, 0.717) is 61.3 Å². The maximum atomic E-state index is 13.1. The van der Waals surface area contributed by atoms with Crippen LogP contribution >= 0.6 is 0 Å². The molecule has 0 radical (unpaired) electrons. The van der Waals surface area contributed by atoms with Crippen molar-refractivity contribution in [2.45, 2.75) is 39.1 Å². The highest BCUT2D eigenvalue weighted by Gasteiger charge is 2.30. The highest BCUT2D eigenvalue weighted by atomic mass is 19.4. The summed E-state index contributed by atoms with van der Waals surface area (Å²) in [7, 11) is 1.58. The minimum atomic E-state index is -4.43. The second kappa shape index (κ2) is 13.4. The van der Waals surface area contributed by atoms with Crippen LogP contribution in [0.3, 0.4) is 0 Å². The molecular weight excluding hydrogens is 579 g/mol. The Kier molecular flexibility index (Phi) is 9.38. The predicted octanol–water partition coefficient (Wildman–Crippen LogP) is 5.49. The van der Waals surface area contributed by atoms with E-state index in [1.807, 2.05) is 24.3 Å². The lowest BCUT2D eigenvalue weighted by Gasteiger charge is -2.21. The average molecular weight is 612 g/mol. The van der Waals surface area contributed by atoms with Gasteiger partial charge in [0.15, 0.2) is 0 Å². The molecule has 3 heterocycles. The smallest absolute Gasteiger partial charge is 0.416 e. The van der Waals surface area contributed by atoms with Gasteiger partial charge < -0.3 is 23.2 Å². The number of carbonyl (C=O) groups excluding carboxylic acids is 1. The Hall–Kier alpha value is -4.58. The molecule has 1 fully saturated rings. The Balaban J connectivity index is 1.13. The number of hydrogen-bond donors (Lipinski definition) is 0. The number of aromatic nitrogens is 1. The quantitative estimate of drug-likeness (QED) is 0.245. The number of benzene rings is 2. The molecule has 1 aliphatic heterocycles. The van der Waals surface area contributed by atoms with Crippen molar-refractivity contribution in [3.63, 3.8) is 0 Å². The van der Waals surface area contributed by atoms with Crippen molar-refractivity contribution in [1.82, 2.24) is 14.8 Å². The number of aryl methyl sites for hydroxylation is 1. The summed E-state index contributed by atoms with van der Waals surface area (Å²) in [5.41, 5.74) is 0.660. The van der Waals surface area contributed by atoms with Gasteiger partial charge in [0, 0.05) is 37.8 Å². The van der Waals surface area contributed by atoms with Crippen LogP contribution in [0, 0.1) is 6.92 Å². The molecule has 2 aromatic heterocycles. The SMILES string of the molecule is COc1cccc(COc2coc(CN3CCCN(C(=O)Cc4nc(-c5ccc(C(F)(F)F)cc5)oc4C)CC3)cc2=O)c1. The number of methoxy groups -OCH3 is 1. The molecule has 2 aromatic carbocycles. The van der Waals surface area contributed by atoms with Gasteiger partial charge in [-0.3, -0.25) is 14.5 Å². The van der Waals surface area contributed by atoms with Crippen LogP contribution in [0.4, 0.5) is 13.2 Å². The average Bonchev–Trinajstić information content (AvgIpc) is 3.20. The molecule has 0 bridgehead atoms. The van der Waals surface area contributed by atoms with Crippen molar-refractivity contribution in [2.24, 2.45) is 0 Å². The molecule has 0 spiro atoms.